The molecule has 0 unspecified atom stereocenters. The van der Waals surface area contributed by atoms with E-state index in [-0.39, 0.29) is 0 Å². The molecule has 0 bridgehead atoms. The van der Waals surface area contributed by atoms with E-state index in [0.717, 1.165) is 26.0 Å². The molecule has 1 N–H and O–H groups in total. The molecular weight excluding hydrogens is 222 g/mol. The minimum Gasteiger partial charge on any atom is -0.378 e. The Morgan fingerprint density at radius 3 is 2.89 bits per heavy atom. The predicted molar refractivity (Wildman–Crippen MR) is 75.8 cm³/mol. The van der Waals surface area contributed by atoms with Gasteiger partial charge < -0.3 is 10.1 Å². The van der Waals surface area contributed by atoms with Gasteiger partial charge in [-0.15, -0.1) is 0 Å². The highest BCUT2D eigenvalue weighted by atomic mass is 16.5. The molecule has 1 aliphatic heterocycles. The smallest absolute Gasteiger partial charge is 0.0588 e. The maximum atomic E-state index is 5.62. The molecule has 0 aromatic heterocycles. The van der Waals surface area contributed by atoms with Gasteiger partial charge in [-0.3, -0.25) is 0 Å². The number of hydrogen-bond acceptors (Lipinski definition) is 2. The second-order valence-corrected chi connectivity index (χ2v) is 5.30. The second kappa shape index (κ2) is 7.55. The van der Waals surface area contributed by atoms with Crippen molar-refractivity contribution < 1.29 is 4.74 Å². The first-order valence-corrected chi connectivity index (χ1v) is 7.23. The summed E-state index contributed by atoms with van der Waals surface area (Å²) in [6, 6.07) is 11.3. The third kappa shape index (κ3) is 4.79. The van der Waals surface area contributed by atoms with Crippen LogP contribution in [0.3, 0.4) is 0 Å². The Kier molecular flexibility index (Phi) is 5.69. The summed E-state index contributed by atoms with van der Waals surface area (Å²) in [5.41, 5.74) is 1.44. The van der Waals surface area contributed by atoms with Gasteiger partial charge >= 0.3 is 0 Å². The lowest BCUT2D eigenvalue weighted by Crippen LogP contribution is -2.29. The van der Waals surface area contributed by atoms with Crippen LogP contribution >= 0.6 is 0 Å². The van der Waals surface area contributed by atoms with Gasteiger partial charge in [-0.05, 0) is 51.1 Å². The fraction of sp³-hybridized carbons (Fsp3) is 0.625. The zero-order valence-electron chi connectivity index (χ0n) is 11.4. The van der Waals surface area contributed by atoms with Crippen LogP contribution in [0, 0.1) is 0 Å². The molecule has 18 heavy (non-hydrogen) atoms. The standard InChI is InChI=1S/C16H25NO/c1-14(9-10-15-6-3-2-4-7-15)17-12-11-16-8-5-13-18-16/h2-4,6-7,14,16-17H,5,8-13H2,1H3/t14-,16-/m1/s1. The molecule has 2 heteroatoms. The van der Waals surface area contributed by atoms with Crippen LogP contribution in [0.25, 0.3) is 0 Å². The number of benzene rings is 1. The summed E-state index contributed by atoms with van der Waals surface area (Å²) in [6.07, 6.45) is 6.54. The first-order chi connectivity index (χ1) is 8.84. The van der Waals surface area contributed by atoms with Gasteiger partial charge in [0.25, 0.3) is 0 Å². The van der Waals surface area contributed by atoms with Crippen LogP contribution in [0.5, 0.6) is 0 Å². The Balaban J connectivity index is 1.56. The SMILES string of the molecule is C[C@H](CCc1ccccc1)NCC[C@H]1CCCO1. The Hall–Kier alpha value is -0.860. The Labute approximate surface area is 111 Å². The third-order valence-electron chi connectivity index (χ3n) is 3.69. The van der Waals surface area contributed by atoms with E-state index in [1.807, 2.05) is 0 Å². The van der Waals surface area contributed by atoms with E-state index in [2.05, 4.69) is 42.6 Å². The van der Waals surface area contributed by atoms with Crippen LogP contribution in [0.1, 0.15) is 38.2 Å². The van der Waals surface area contributed by atoms with Crippen molar-refractivity contribution in [2.24, 2.45) is 0 Å². The molecule has 0 aliphatic carbocycles. The van der Waals surface area contributed by atoms with Gasteiger partial charge in [0.15, 0.2) is 0 Å². The molecule has 1 fully saturated rings. The van der Waals surface area contributed by atoms with Gasteiger partial charge in [0.1, 0.15) is 0 Å². The van der Waals surface area contributed by atoms with Crippen LogP contribution in [0.15, 0.2) is 30.3 Å². The van der Waals surface area contributed by atoms with Gasteiger partial charge in [0.2, 0.25) is 0 Å². The highest BCUT2D eigenvalue weighted by Crippen LogP contribution is 2.14. The van der Waals surface area contributed by atoms with Crippen molar-refractivity contribution in [3.8, 4) is 0 Å². The quantitative estimate of drug-likeness (QED) is 0.799. The van der Waals surface area contributed by atoms with Crippen molar-refractivity contribution in [3.63, 3.8) is 0 Å². The molecule has 0 amide bonds. The molecule has 1 saturated heterocycles. The monoisotopic (exact) mass is 247 g/mol. The minimum atomic E-state index is 0.513. The first-order valence-electron chi connectivity index (χ1n) is 7.23. The molecule has 2 rings (SSSR count). The van der Waals surface area contributed by atoms with Crippen molar-refractivity contribution in [2.75, 3.05) is 13.2 Å². The zero-order chi connectivity index (χ0) is 12.6. The highest BCUT2D eigenvalue weighted by Gasteiger charge is 2.14. The molecular formula is C16H25NO. The second-order valence-electron chi connectivity index (χ2n) is 5.30. The fourth-order valence-electron chi connectivity index (χ4n) is 2.49. The number of aryl methyl sites for hydroxylation is 1. The summed E-state index contributed by atoms with van der Waals surface area (Å²) >= 11 is 0. The van der Waals surface area contributed by atoms with Crippen LogP contribution in [0.4, 0.5) is 0 Å². The van der Waals surface area contributed by atoms with E-state index in [0.29, 0.717) is 12.1 Å². The molecule has 1 aliphatic rings. The van der Waals surface area contributed by atoms with Gasteiger partial charge in [-0.25, -0.2) is 0 Å². The Morgan fingerprint density at radius 1 is 1.33 bits per heavy atom. The van der Waals surface area contributed by atoms with Crippen LogP contribution in [-0.4, -0.2) is 25.3 Å². The summed E-state index contributed by atoms with van der Waals surface area (Å²) < 4.78 is 5.62. The van der Waals surface area contributed by atoms with Crippen LogP contribution in [0.2, 0.25) is 0 Å². The van der Waals surface area contributed by atoms with Gasteiger partial charge in [-0.1, -0.05) is 30.3 Å². The normalized spacial score (nSPS) is 21.1. The molecule has 2 nitrogen and oxygen atoms in total. The first kappa shape index (κ1) is 13.6. The molecule has 2 atom stereocenters. The van der Waals surface area contributed by atoms with Gasteiger partial charge in [-0.2, -0.15) is 0 Å². The average Bonchev–Trinajstić information content (AvgIpc) is 2.91. The maximum Gasteiger partial charge on any atom is 0.0588 e. The number of hydrogen-bond donors (Lipinski definition) is 1. The summed E-state index contributed by atoms with van der Waals surface area (Å²) in [5.74, 6) is 0. The lowest BCUT2D eigenvalue weighted by Gasteiger charge is -2.15. The van der Waals surface area contributed by atoms with Crippen molar-refractivity contribution in [3.05, 3.63) is 35.9 Å². The van der Waals surface area contributed by atoms with Crippen molar-refractivity contribution in [2.45, 2.75) is 51.2 Å². The van der Waals surface area contributed by atoms with E-state index in [9.17, 15) is 0 Å². The third-order valence-corrected chi connectivity index (χ3v) is 3.69. The molecule has 0 radical (unpaired) electrons. The Bertz CT molecular complexity index is 319. The molecule has 1 aromatic rings. The Morgan fingerprint density at radius 2 is 2.17 bits per heavy atom. The summed E-state index contributed by atoms with van der Waals surface area (Å²) in [5, 5.41) is 3.60. The topological polar surface area (TPSA) is 21.3 Å². The average molecular weight is 247 g/mol. The van der Waals surface area contributed by atoms with Crippen molar-refractivity contribution >= 4 is 0 Å². The number of ether oxygens (including phenoxy) is 1. The van der Waals surface area contributed by atoms with Crippen LogP contribution in [-0.2, 0) is 11.2 Å². The van der Waals surface area contributed by atoms with E-state index in [1.54, 1.807) is 0 Å². The molecule has 1 aromatic carbocycles. The highest BCUT2D eigenvalue weighted by molar-refractivity contribution is 5.14. The number of nitrogens with one attached hydrogen (secondary N) is 1. The summed E-state index contributed by atoms with van der Waals surface area (Å²) in [6.45, 7) is 4.33. The maximum absolute atomic E-state index is 5.62. The predicted octanol–water partition coefficient (Wildman–Crippen LogP) is 3.17. The lowest BCUT2D eigenvalue weighted by atomic mass is 10.1. The largest absolute Gasteiger partial charge is 0.378 e. The molecule has 0 spiro atoms. The fourth-order valence-corrected chi connectivity index (χ4v) is 2.49. The van der Waals surface area contributed by atoms with Crippen LogP contribution < -0.4 is 5.32 Å². The van der Waals surface area contributed by atoms with Crippen molar-refractivity contribution in [1.82, 2.24) is 5.32 Å². The lowest BCUT2D eigenvalue weighted by molar-refractivity contribution is 0.103. The van der Waals surface area contributed by atoms with Gasteiger partial charge in [0, 0.05) is 12.6 Å². The summed E-state index contributed by atoms with van der Waals surface area (Å²) in [4.78, 5) is 0. The van der Waals surface area contributed by atoms with E-state index >= 15 is 0 Å². The van der Waals surface area contributed by atoms with E-state index < -0.39 is 0 Å². The van der Waals surface area contributed by atoms with E-state index in [1.165, 1.54) is 24.8 Å². The number of rotatable bonds is 7. The summed E-state index contributed by atoms with van der Waals surface area (Å²) in [7, 11) is 0. The molecule has 1 heterocycles. The zero-order valence-corrected chi connectivity index (χ0v) is 11.4. The molecule has 100 valence electrons. The molecule has 0 saturated carbocycles. The van der Waals surface area contributed by atoms with E-state index in [4.69, 9.17) is 4.74 Å². The van der Waals surface area contributed by atoms with Gasteiger partial charge in [0.05, 0.1) is 6.10 Å². The minimum absolute atomic E-state index is 0.513. The van der Waals surface area contributed by atoms with Crippen molar-refractivity contribution in [1.29, 1.82) is 0 Å².